The maximum absolute atomic E-state index is 12.5. The fraction of sp³-hybridized carbons (Fsp3) is 0.400. The Balaban J connectivity index is 1.79. The highest BCUT2D eigenvalue weighted by Crippen LogP contribution is 2.33. The van der Waals surface area contributed by atoms with Crippen molar-refractivity contribution in [1.29, 1.82) is 0 Å². The van der Waals surface area contributed by atoms with Gasteiger partial charge in [0.15, 0.2) is 0 Å². The molecule has 0 aliphatic carbocycles. The van der Waals surface area contributed by atoms with E-state index in [1.807, 2.05) is 5.38 Å². The first-order valence-electron chi connectivity index (χ1n) is 6.88. The number of hydrogen-bond acceptors (Lipinski definition) is 3. The van der Waals surface area contributed by atoms with E-state index in [4.69, 9.17) is 0 Å². The van der Waals surface area contributed by atoms with Gasteiger partial charge in [0.1, 0.15) is 0 Å². The number of rotatable bonds is 2. The van der Waals surface area contributed by atoms with Gasteiger partial charge in [-0.2, -0.15) is 13.2 Å². The summed E-state index contributed by atoms with van der Waals surface area (Å²) in [5, 5.41) is 6.33. The van der Waals surface area contributed by atoms with Crippen LogP contribution in [0, 0.1) is 0 Å². The molecule has 1 aliphatic rings. The summed E-state index contributed by atoms with van der Waals surface area (Å²) in [6.45, 7) is 2.00. The summed E-state index contributed by atoms with van der Waals surface area (Å²) in [4.78, 5) is 4.61. The summed E-state index contributed by atoms with van der Waals surface area (Å²) in [6, 6.07) is 5.20. The molecule has 21 heavy (non-hydrogen) atoms. The average Bonchev–Trinajstić information content (AvgIpc) is 2.97. The number of thiazole rings is 1. The molecule has 0 spiro atoms. The predicted octanol–water partition coefficient (Wildman–Crippen LogP) is 4.30. The summed E-state index contributed by atoms with van der Waals surface area (Å²) in [6.07, 6.45) is -2.15. The summed E-state index contributed by atoms with van der Waals surface area (Å²) >= 11 is 1.60. The minimum absolute atomic E-state index is 0.472. The summed E-state index contributed by atoms with van der Waals surface area (Å²) < 4.78 is 37.6. The second-order valence-corrected chi connectivity index (χ2v) is 6.06. The van der Waals surface area contributed by atoms with Crippen LogP contribution in [0.3, 0.4) is 0 Å². The van der Waals surface area contributed by atoms with Crippen molar-refractivity contribution in [3.05, 3.63) is 40.2 Å². The summed E-state index contributed by atoms with van der Waals surface area (Å²) in [5.74, 6) is 0.472. The van der Waals surface area contributed by atoms with Gasteiger partial charge in [-0.3, -0.25) is 0 Å². The van der Waals surface area contributed by atoms with Crippen molar-refractivity contribution in [2.75, 3.05) is 13.1 Å². The molecule has 2 nitrogen and oxygen atoms in total. The Morgan fingerprint density at radius 2 is 1.76 bits per heavy atom. The molecule has 1 N–H and O–H groups in total. The van der Waals surface area contributed by atoms with Crippen molar-refractivity contribution in [3.8, 4) is 11.3 Å². The second-order valence-electron chi connectivity index (χ2n) is 5.17. The summed E-state index contributed by atoms with van der Waals surface area (Å²) in [5.41, 5.74) is 0.877. The molecule has 0 saturated carbocycles. The molecular formula is C15H15F3N2S. The van der Waals surface area contributed by atoms with E-state index in [0.717, 1.165) is 54.3 Å². The maximum atomic E-state index is 12.5. The van der Waals surface area contributed by atoms with E-state index in [-0.39, 0.29) is 0 Å². The van der Waals surface area contributed by atoms with Crippen LogP contribution in [0.1, 0.15) is 29.3 Å². The standard InChI is InChI=1S/C15H15F3N2S/c16-15(17,18)12-3-1-10(2-4-12)13-9-21-14(20-13)11-5-7-19-8-6-11/h1-4,9,11,19H,5-8H2. The molecule has 0 radical (unpaired) electrons. The van der Waals surface area contributed by atoms with Crippen LogP contribution >= 0.6 is 11.3 Å². The normalized spacial score (nSPS) is 17.1. The third-order valence-corrected chi connectivity index (χ3v) is 4.73. The number of alkyl halides is 3. The average molecular weight is 312 g/mol. The van der Waals surface area contributed by atoms with Crippen LogP contribution in [0.2, 0.25) is 0 Å². The Kier molecular flexibility index (Phi) is 3.99. The Labute approximate surface area is 125 Å². The molecule has 0 unspecified atom stereocenters. The number of nitrogens with one attached hydrogen (secondary N) is 1. The Morgan fingerprint density at radius 1 is 1.10 bits per heavy atom. The lowest BCUT2D eigenvalue weighted by Crippen LogP contribution is -2.26. The number of piperidine rings is 1. The van der Waals surface area contributed by atoms with E-state index in [1.54, 1.807) is 11.3 Å². The quantitative estimate of drug-likeness (QED) is 0.894. The molecule has 1 aromatic heterocycles. The van der Waals surface area contributed by atoms with Gasteiger partial charge >= 0.3 is 6.18 Å². The number of aromatic nitrogens is 1. The van der Waals surface area contributed by atoms with Gasteiger partial charge in [0, 0.05) is 16.9 Å². The number of hydrogen-bond donors (Lipinski definition) is 1. The molecule has 0 atom stereocenters. The van der Waals surface area contributed by atoms with Crippen LogP contribution in [-0.2, 0) is 6.18 Å². The van der Waals surface area contributed by atoms with E-state index in [9.17, 15) is 13.2 Å². The van der Waals surface area contributed by atoms with Crippen LogP contribution in [0.5, 0.6) is 0 Å². The fourth-order valence-corrected chi connectivity index (χ4v) is 3.51. The van der Waals surface area contributed by atoms with Crippen molar-refractivity contribution in [2.24, 2.45) is 0 Å². The first-order chi connectivity index (χ1) is 10.0. The first kappa shape index (κ1) is 14.5. The maximum Gasteiger partial charge on any atom is 0.416 e. The molecule has 0 amide bonds. The topological polar surface area (TPSA) is 24.9 Å². The highest BCUT2D eigenvalue weighted by Gasteiger charge is 2.30. The highest BCUT2D eigenvalue weighted by atomic mass is 32.1. The van der Waals surface area contributed by atoms with Gasteiger partial charge < -0.3 is 5.32 Å². The van der Waals surface area contributed by atoms with Crippen molar-refractivity contribution in [2.45, 2.75) is 24.9 Å². The Morgan fingerprint density at radius 3 is 2.38 bits per heavy atom. The Bertz CT molecular complexity index is 598. The van der Waals surface area contributed by atoms with Gasteiger partial charge in [-0.1, -0.05) is 12.1 Å². The highest BCUT2D eigenvalue weighted by molar-refractivity contribution is 7.10. The molecule has 1 fully saturated rings. The largest absolute Gasteiger partial charge is 0.416 e. The zero-order chi connectivity index (χ0) is 14.9. The molecule has 6 heteroatoms. The zero-order valence-electron chi connectivity index (χ0n) is 11.3. The van der Waals surface area contributed by atoms with Crippen LogP contribution in [0.4, 0.5) is 13.2 Å². The fourth-order valence-electron chi connectivity index (χ4n) is 2.51. The Hall–Kier alpha value is -1.40. The van der Waals surface area contributed by atoms with Gasteiger partial charge in [0.2, 0.25) is 0 Å². The van der Waals surface area contributed by atoms with Crippen molar-refractivity contribution in [3.63, 3.8) is 0 Å². The van der Waals surface area contributed by atoms with Crippen LogP contribution in [0.15, 0.2) is 29.6 Å². The molecule has 2 heterocycles. The van der Waals surface area contributed by atoms with E-state index < -0.39 is 11.7 Å². The van der Waals surface area contributed by atoms with Crippen molar-refractivity contribution in [1.82, 2.24) is 10.3 Å². The molecule has 112 valence electrons. The molecule has 1 aliphatic heterocycles. The van der Waals surface area contributed by atoms with Crippen LogP contribution < -0.4 is 5.32 Å². The van der Waals surface area contributed by atoms with Gasteiger partial charge in [0.25, 0.3) is 0 Å². The van der Waals surface area contributed by atoms with Crippen molar-refractivity contribution < 1.29 is 13.2 Å². The number of nitrogens with zero attached hydrogens (tertiary/aromatic N) is 1. The predicted molar refractivity (Wildman–Crippen MR) is 77.4 cm³/mol. The zero-order valence-corrected chi connectivity index (χ0v) is 12.1. The van der Waals surface area contributed by atoms with E-state index in [2.05, 4.69) is 10.3 Å². The third-order valence-electron chi connectivity index (χ3n) is 3.72. The second kappa shape index (κ2) is 5.77. The van der Waals surface area contributed by atoms with Crippen molar-refractivity contribution >= 4 is 11.3 Å². The van der Waals surface area contributed by atoms with Crippen LogP contribution in [0.25, 0.3) is 11.3 Å². The van der Waals surface area contributed by atoms with Gasteiger partial charge in [0.05, 0.1) is 16.3 Å². The van der Waals surface area contributed by atoms with E-state index >= 15 is 0 Å². The number of benzene rings is 1. The lowest BCUT2D eigenvalue weighted by atomic mass is 9.99. The van der Waals surface area contributed by atoms with E-state index in [0.29, 0.717) is 5.92 Å². The van der Waals surface area contributed by atoms with Gasteiger partial charge in [-0.25, -0.2) is 4.98 Å². The molecule has 0 bridgehead atoms. The van der Waals surface area contributed by atoms with Gasteiger partial charge in [-0.15, -0.1) is 11.3 Å². The lowest BCUT2D eigenvalue weighted by Gasteiger charge is -2.20. The van der Waals surface area contributed by atoms with Crippen LogP contribution in [-0.4, -0.2) is 18.1 Å². The van der Waals surface area contributed by atoms with Gasteiger partial charge in [-0.05, 0) is 38.1 Å². The SMILES string of the molecule is FC(F)(F)c1ccc(-c2csc(C3CCNCC3)n2)cc1. The first-order valence-corrected chi connectivity index (χ1v) is 7.76. The molecule has 1 saturated heterocycles. The molecule has 2 aromatic rings. The monoisotopic (exact) mass is 312 g/mol. The minimum Gasteiger partial charge on any atom is -0.317 e. The molecule has 3 rings (SSSR count). The van der Waals surface area contributed by atoms with E-state index in [1.165, 1.54) is 12.1 Å². The smallest absolute Gasteiger partial charge is 0.317 e. The number of halogens is 3. The molecular weight excluding hydrogens is 297 g/mol. The molecule has 1 aromatic carbocycles. The lowest BCUT2D eigenvalue weighted by molar-refractivity contribution is -0.137. The minimum atomic E-state index is -4.29. The third kappa shape index (κ3) is 3.27. The summed E-state index contributed by atoms with van der Waals surface area (Å²) in [7, 11) is 0.